The van der Waals surface area contributed by atoms with Crippen molar-refractivity contribution in [2.45, 2.75) is 45.3 Å². The second kappa shape index (κ2) is 6.89. The van der Waals surface area contributed by atoms with Crippen LogP contribution in [0.4, 0.5) is 17.6 Å². The van der Waals surface area contributed by atoms with Gasteiger partial charge in [0.1, 0.15) is 5.82 Å². The first-order chi connectivity index (χ1) is 8.90. The Morgan fingerprint density at radius 2 is 1.89 bits per heavy atom. The lowest BCUT2D eigenvalue weighted by molar-refractivity contribution is -0.137. The fraction of sp³-hybridized carbons (Fsp3) is 0.571. The van der Waals surface area contributed by atoms with E-state index in [4.69, 9.17) is 0 Å². The standard InChI is InChI=1S/C14H19F4N/c1-3-5-6-13(19-4-2)11-9-10(14(16,17)18)7-8-12(11)15/h7-9,13,19H,3-6H2,1-2H3. The lowest BCUT2D eigenvalue weighted by atomic mass is 9.98. The normalized spacial score (nSPS) is 13.6. The van der Waals surface area contributed by atoms with E-state index in [1.165, 1.54) is 0 Å². The van der Waals surface area contributed by atoms with E-state index in [-0.39, 0.29) is 11.6 Å². The minimum Gasteiger partial charge on any atom is -0.310 e. The van der Waals surface area contributed by atoms with E-state index in [0.717, 1.165) is 31.0 Å². The van der Waals surface area contributed by atoms with E-state index in [2.05, 4.69) is 5.32 Å². The summed E-state index contributed by atoms with van der Waals surface area (Å²) >= 11 is 0. The molecule has 0 aromatic heterocycles. The number of nitrogens with one attached hydrogen (secondary N) is 1. The van der Waals surface area contributed by atoms with Crippen molar-refractivity contribution in [3.8, 4) is 0 Å². The van der Waals surface area contributed by atoms with E-state index in [1.54, 1.807) is 0 Å². The molecule has 1 aromatic rings. The molecule has 19 heavy (non-hydrogen) atoms. The Morgan fingerprint density at radius 3 is 2.42 bits per heavy atom. The molecule has 0 aliphatic rings. The van der Waals surface area contributed by atoms with Gasteiger partial charge in [-0.25, -0.2) is 4.39 Å². The topological polar surface area (TPSA) is 12.0 Å². The molecule has 0 bridgehead atoms. The minimum absolute atomic E-state index is 0.102. The first-order valence-electron chi connectivity index (χ1n) is 6.50. The van der Waals surface area contributed by atoms with Gasteiger partial charge in [-0.15, -0.1) is 0 Å². The van der Waals surface area contributed by atoms with Crippen molar-refractivity contribution in [3.63, 3.8) is 0 Å². The molecule has 0 aliphatic heterocycles. The molecule has 5 heteroatoms. The fourth-order valence-corrected chi connectivity index (χ4v) is 2.01. The summed E-state index contributed by atoms with van der Waals surface area (Å²) in [6.07, 6.45) is -2.05. The van der Waals surface area contributed by atoms with Crippen LogP contribution in [0.2, 0.25) is 0 Å². The molecule has 0 spiro atoms. The summed E-state index contributed by atoms with van der Waals surface area (Å²) in [5, 5.41) is 3.05. The van der Waals surface area contributed by atoms with Gasteiger partial charge in [-0.3, -0.25) is 0 Å². The number of alkyl halides is 3. The Kier molecular flexibility index (Phi) is 5.79. The Bertz CT molecular complexity index is 401. The molecule has 108 valence electrons. The van der Waals surface area contributed by atoms with Crippen molar-refractivity contribution in [1.29, 1.82) is 0 Å². The zero-order chi connectivity index (χ0) is 14.5. The zero-order valence-corrected chi connectivity index (χ0v) is 11.1. The highest BCUT2D eigenvalue weighted by Crippen LogP contribution is 2.32. The maximum Gasteiger partial charge on any atom is 0.416 e. The molecule has 0 heterocycles. The van der Waals surface area contributed by atoms with Crippen LogP contribution in [-0.4, -0.2) is 6.54 Å². The van der Waals surface area contributed by atoms with Crippen LogP contribution >= 0.6 is 0 Å². The first kappa shape index (κ1) is 16.0. The SMILES string of the molecule is CCCCC(NCC)c1cc(C(F)(F)F)ccc1F. The summed E-state index contributed by atoms with van der Waals surface area (Å²) in [5.41, 5.74) is -0.701. The van der Waals surface area contributed by atoms with E-state index < -0.39 is 17.6 Å². The van der Waals surface area contributed by atoms with Crippen LogP contribution in [0.15, 0.2) is 18.2 Å². The third-order valence-electron chi connectivity index (χ3n) is 3.00. The van der Waals surface area contributed by atoms with Gasteiger partial charge in [-0.05, 0) is 31.2 Å². The largest absolute Gasteiger partial charge is 0.416 e. The van der Waals surface area contributed by atoms with Crippen molar-refractivity contribution < 1.29 is 17.6 Å². The first-order valence-corrected chi connectivity index (χ1v) is 6.50. The molecule has 1 rings (SSSR count). The third kappa shape index (κ3) is 4.49. The lowest BCUT2D eigenvalue weighted by Gasteiger charge is -2.20. The molecule has 1 N–H and O–H groups in total. The zero-order valence-electron chi connectivity index (χ0n) is 11.1. The second-order valence-electron chi connectivity index (χ2n) is 4.49. The molecular formula is C14H19F4N. The fourth-order valence-electron chi connectivity index (χ4n) is 2.01. The molecule has 0 radical (unpaired) electrons. The predicted octanol–water partition coefficient (Wildman–Crippen LogP) is 4.69. The Labute approximate surface area is 111 Å². The van der Waals surface area contributed by atoms with Crippen LogP contribution in [0, 0.1) is 5.82 Å². The number of halogens is 4. The van der Waals surface area contributed by atoms with Crippen LogP contribution < -0.4 is 5.32 Å². The Balaban J connectivity index is 3.06. The summed E-state index contributed by atoms with van der Waals surface area (Å²) in [4.78, 5) is 0. The predicted molar refractivity (Wildman–Crippen MR) is 67.3 cm³/mol. The van der Waals surface area contributed by atoms with Crippen LogP contribution in [-0.2, 0) is 6.18 Å². The molecule has 1 nitrogen and oxygen atoms in total. The molecule has 1 aromatic carbocycles. The van der Waals surface area contributed by atoms with Crippen molar-refractivity contribution >= 4 is 0 Å². The molecule has 0 saturated heterocycles. The maximum atomic E-state index is 13.8. The number of hydrogen-bond donors (Lipinski definition) is 1. The molecule has 1 unspecified atom stereocenters. The lowest BCUT2D eigenvalue weighted by Crippen LogP contribution is -2.22. The van der Waals surface area contributed by atoms with E-state index >= 15 is 0 Å². The van der Waals surface area contributed by atoms with Crippen LogP contribution in [0.25, 0.3) is 0 Å². The summed E-state index contributed by atoms with van der Waals surface area (Å²) < 4.78 is 51.7. The molecular weight excluding hydrogens is 258 g/mol. The summed E-state index contributed by atoms with van der Waals surface area (Å²) in [6, 6.07) is 2.22. The van der Waals surface area contributed by atoms with Gasteiger partial charge in [-0.2, -0.15) is 13.2 Å². The highest BCUT2D eigenvalue weighted by molar-refractivity contribution is 5.29. The highest BCUT2D eigenvalue weighted by Gasteiger charge is 2.31. The van der Waals surface area contributed by atoms with Gasteiger partial charge in [0.05, 0.1) is 5.56 Å². The number of benzene rings is 1. The third-order valence-corrected chi connectivity index (χ3v) is 3.00. The molecule has 0 saturated carbocycles. The van der Waals surface area contributed by atoms with Gasteiger partial charge in [0.15, 0.2) is 0 Å². The minimum atomic E-state index is -4.44. The van der Waals surface area contributed by atoms with Gasteiger partial charge in [0.2, 0.25) is 0 Å². The van der Waals surface area contributed by atoms with E-state index in [1.807, 2.05) is 13.8 Å². The number of unbranched alkanes of at least 4 members (excludes halogenated alkanes) is 1. The number of rotatable bonds is 6. The summed E-state index contributed by atoms with van der Waals surface area (Å²) in [5.74, 6) is -0.588. The molecule has 1 atom stereocenters. The molecule has 0 aliphatic carbocycles. The smallest absolute Gasteiger partial charge is 0.310 e. The molecule has 0 amide bonds. The highest BCUT2D eigenvalue weighted by atomic mass is 19.4. The Hall–Kier alpha value is -1.10. The average molecular weight is 277 g/mol. The second-order valence-corrected chi connectivity index (χ2v) is 4.49. The Morgan fingerprint density at radius 1 is 1.21 bits per heavy atom. The summed E-state index contributed by atoms with van der Waals surface area (Å²) in [7, 11) is 0. The quantitative estimate of drug-likeness (QED) is 0.744. The molecule has 0 fully saturated rings. The monoisotopic (exact) mass is 277 g/mol. The van der Waals surface area contributed by atoms with Gasteiger partial charge < -0.3 is 5.32 Å². The average Bonchev–Trinajstić information content (AvgIpc) is 2.34. The maximum absolute atomic E-state index is 13.8. The van der Waals surface area contributed by atoms with Crippen LogP contribution in [0.5, 0.6) is 0 Å². The van der Waals surface area contributed by atoms with Gasteiger partial charge in [-0.1, -0.05) is 26.7 Å². The van der Waals surface area contributed by atoms with E-state index in [9.17, 15) is 17.6 Å². The summed E-state index contributed by atoms with van der Waals surface area (Å²) in [6.45, 7) is 4.43. The van der Waals surface area contributed by atoms with Crippen molar-refractivity contribution in [2.24, 2.45) is 0 Å². The van der Waals surface area contributed by atoms with Crippen molar-refractivity contribution in [3.05, 3.63) is 35.1 Å². The van der Waals surface area contributed by atoms with Crippen LogP contribution in [0.1, 0.15) is 50.3 Å². The van der Waals surface area contributed by atoms with Gasteiger partial charge >= 0.3 is 6.18 Å². The number of hydrogen-bond acceptors (Lipinski definition) is 1. The van der Waals surface area contributed by atoms with Crippen LogP contribution in [0.3, 0.4) is 0 Å². The van der Waals surface area contributed by atoms with E-state index in [0.29, 0.717) is 13.0 Å². The van der Waals surface area contributed by atoms with Crippen molar-refractivity contribution in [2.75, 3.05) is 6.54 Å². The van der Waals surface area contributed by atoms with Crippen molar-refractivity contribution in [1.82, 2.24) is 5.32 Å². The van der Waals surface area contributed by atoms with Gasteiger partial charge in [0.25, 0.3) is 0 Å². The van der Waals surface area contributed by atoms with Gasteiger partial charge in [0, 0.05) is 11.6 Å².